The molecule has 0 saturated carbocycles. The van der Waals surface area contributed by atoms with Crippen LogP contribution < -0.4 is 0 Å². The smallest absolute Gasteiger partial charge is 0.178 e. The quantitative estimate of drug-likeness (QED) is 0.742. The number of ketones is 1. The van der Waals surface area contributed by atoms with E-state index in [1.165, 1.54) is 6.92 Å². The molecule has 76 valence electrons. The molecule has 0 bridgehead atoms. The molecule has 0 amide bonds. The molecule has 2 nitrogen and oxygen atoms in total. The number of hydrogen-bond acceptors (Lipinski definition) is 2. The number of benzene rings is 1. The second-order valence-corrected chi connectivity index (χ2v) is 4.04. The predicted molar refractivity (Wildman–Crippen MR) is 59.4 cm³/mol. The minimum atomic E-state index is -0.435. The van der Waals surface area contributed by atoms with E-state index in [0.29, 0.717) is 9.86 Å². The first-order valence-corrected chi connectivity index (χ1v) is 5.14. The molecule has 0 saturated heterocycles. The van der Waals surface area contributed by atoms with Crippen LogP contribution >= 0.6 is 15.9 Å². The molecule has 0 aliphatic rings. The zero-order valence-electron chi connectivity index (χ0n) is 7.92. The van der Waals surface area contributed by atoms with Gasteiger partial charge in [0.05, 0.1) is 4.47 Å². The summed E-state index contributed by atoms with van der Waals surface area (Å²) in [6.07, 6.45) is 0. The molecule has 15 heavy (non-hydrogen) atoms. The van der Waals surface area contributed by atoms with E-state index in [9.17, 15) is 9.18 Å². The maximum absolute atomic E-state index is 13.6. The van der Waals surface area contributed by atoms with E-state index >= 15 is 0 Å². The van der Waals surface area contributed by atoms with Crippen molar-refractivity contribution in [1.29, 1.82) is 0 Å². The highest BCUT2D eigenvalue weighted by Crippen LogP contribution is 2.23. The van der Waals surface area contributed by atoms with Crippen LogP contribution in [0.25, 0.3) is 10.9 Å². The number of carbonyl (C=O) groups is 1. The number of fused-ring (bicyclic) bond motifs is 1. The number of nitrogens with zero attached hydrogens (tertiary/aromatic N) is 1. The maximum Gasteiger partial charge on any atom is 0.178 e. The fourth-order valence-electron chi connectivity index (χ4n) is 1.33. The Bertz CT molecular complexity index is 554. The number of pyridine rings is 1. The normalized spacial score (nSPS) is 10.6. The molecule has 0 spiro atoms. The minimum Gasteiger partial charge on any atom is -0.293 e. The topological polar surface area (TPSA) is 30.0 Å². The highest BCUT2D eigenvalue weighted by Gasteiger charge is 2.09. The second-order valence-electron chi connectivity index (χ2n) is 3.19. The Morgan fingerprint density at radius 1 is 1.33 bits per heavy atom. The van der Waals surface area contributed by atoms with Crippen LogP contribution in [0.1, 0.15) is 17.4 Å². The van der Waals surface area contributed by atoms with E-state index in [0.717, 1.165) is 0 Å². The standard InChI is InChI=1S/C11H7BrFNO/c1-6(15)9-5-3-7-2-4-8(12)10(13)11(7)14-9/h2-5H,1H3. The summed E-state index contributed by atoms with van der Waals surface area (Å²) in [5.74, 6) is -0.605. The molecule has 4 heteroatoms. The van der Waals surface area contributed by atoms with Gasteiger partial charge in [-0.15, -0.1) is 0 Å². The average molecular weight is 268 g/mol. The van der Waals surface area contributed by atoms with Gasteiger partial charge in [-0.05, 0) is 28.1 Å². The summed E-state index contributed by atoms with van der Waals surface area (Å²) in [6, 6.07) is 6.65. The Morgan fingerprint density at radius 2 is 2.00 bits per heavy atom. The van der Waals surface area contributed by atoms with Crippen LogP contribution in [0, 0.1) is 5.82 Å². The Labute approximate surface area is 94.3 Å². The van der Waals surface area contributed by atoms with Gasteiger partial charge in [-0.25, -0.2) is 9.37 Å². The van der Waals surface area contributed by atoms with Gasteiger partial charge in [-0.3, -0.25) is 4.79 Å². The van der Waals surface area contributed by atoms with Crippen molar-refractivity contribution < 1.29 is 9.18 Å². The predicted octanol–water partition coefficient (Wildman–Crippen LogP) is 3.34. The summed E-state index contributed by atoms with van der Waals surface area (Å²) >= 11 is 3.08. The fraction of sp³-hybridized carbons (Fsp3) is 0.0909. The maximum atomic E-state index is 13.6. The second kappa shape index (κ2) is 3.70. The fourth-order valence-corrected chi connectivity index (χ4v) is 1.65. The molecular formula is C11H7BrFNO. The van der Waals surface area contributed by atoms with Gasteiger partial charge in [-0.2, -0.15) is 0 Å². The van der Waals surface area contributed by atoms with E-state index in [2.05, 4.69) is 20.9 Å². The molecule has 0 aliphatic heterocycles. The summed E-state index contributed by atoms with van der Waals surface area (Å²) in [7, 11) is 0. The first kappa shape index (κ1) is 10.2. The van der Waals surface area contributed by atoms with Gasteiger partial charge in [-0.1, -0.05) is 12.1 Å². The van der Waals surface area contributed by atoms with E-state index in [-0.39, 0.29) is 17.0 Å². The molecule has 1 aromatic heterocycles. The Hall–Kier alpha value is -1.29. The van der Waals surface area contributed by atoms with Crippen molar-refractivity contribution in [3.63, 3.8) is 0 Å². The third-order valence-electron chi connectivity index (χ3n) is 2.11. The van der Waals surface area contributed by atoms with Crippen molar-refractivity contribution in [1.82, 2.24) is 4.98 Å². The van der Waals surface area contributed by atoms with Crippen LogP contribution in [0.4, 0.5) is 4.39 Å². The number of hydrogen-bond donors (Lipinski definition) is 0. The summed E-state index contributed by atoms with van der Waals surface area (Å²) in [4.78, 5) is 15.1. The molecule has 1 heterocycles. The average Bonchev–Trinajstić information content (AvgIpc) is 2.23. The van der Waals surface area contributed by atoms with Crippen LogP contribution in [0.3, 0.4) is 0 Å². The molecule has 0 N–H and O–H groups in total. The lowest BCUT2D eigenvalue weighted by Crippen LogP contribution is -1.97. The number of halogens is 2. The van der Waals surface area contributed by atoms with Crippen LogP contribution in [0.5, 0.6) is 0 Å². The third-order valence-corrected chi connectivity index (χ3v) is 2.73. The first-order valence-electron chi connectivity index (χ1n) is 4.35. The van der Waals surface area contributed by atoms with Gasteiger partial charge in [0.25, 0.3) is 0 Å². The van der Waals surface area contributed by atoms with Gasteiger partial charge in [0, 0.05) is 12.3 Å². The lowest BCUT2D eigenvalue weighted by atomic mass is 10.2. The van der Waals surface area contributed by atoms with Gasteiger partial charge in [0.1, 0.15) is 11.2 Å². The lowest BCUT2D eigenvalue weighted by molar-refractivity contribution is 0.101. The zero-order valence-corrected chi connectivity index (χ0v) is 9.51. The van der Waals surface area contributed by atoms with Crippen LogP contribution in [0.15, 0.2) is 28.7 Å². The largest absolute Gasteiger partial charge is 0.293 e. The van der Waals surface area contributed by atoms with Gasteiger partial charge in [0.2, 0.25) is 0 Å². The molecule has 0 atom stereocenters. The Morgan fingerprint density at radius 3 is 2.67 bits per heavy atom. The van der Waals surface area contributed by atoms with Crippen LogP contribution in [-0.2, 0) is 0 Å². The third kappa shape index (κ3) is 1.77. The first-order chi connectivity index (χ1) is 7.09. The molecule has 0 unspecified atom stereocenters. The minimum absolute atomic E-state index is 0.170. The van der Waals surface area contributed by atoms with E-state index < -0.39 is 5.82 Å². The lowest BCUT2D eigenvalue weighted by Gasteiger charge is -2.02. The number of Topliss-reactive ketones (excluding diaryl/α,β-unsaturated/α-hetero) is 1. The van der Waals surface area contributed by atoms with Crippen molar-refractivity contribution >= 4 is 32.6 Å². The summed E-state index contributed by atoms with van der Waals surface area (Å²) in [6.45, 7) is 1.41. The van der Waals surface area contributed by atoms with Crippen molar-refractivity contribution in [2.75, 3.05) is 0 Å². The van der Waals surface area contributed by atoms with Gasteiger partial charge < -0.3 is 0 Å². The van der Waals surface area contributed by atoms with Crippen molar-refractivity contribution in [2.24, 2.45) is 0 Å². The van der Waals surface area contributed by atoms with Crippen molar-refractivity contribution in [3.05, 3.63) is 40.2 Å². The number of rotatable bonds is 1. The SMILES string of the molecule is CC(=O)c1ccc2ccc(Br)c(F)c2n1. The van der Waals surface area contributed by atoms with Crippen molar-refractivity contribution in [3.8, 4) is 0 Å². The molecular weight excluding hydrogens is 261 g/mol. The van der Waals surface area contributed by atoms with Crippen LogP contribution in [-0.4, -0.2) is 10.8 Å². The van der Waals surface area contributed by atoms with Gasteiger partial charge in [0.15, 0.2) is 11.6 Å². The molecule has 0 aliphatic carbocycles. The molecule has 2 aromatic rings. The highest BCUT2D eigenvalue weighted by atomic mass is 79.9. The van der Waals surface area contributed by atoms with Crippen molar-refractivity contribution in [2.45, 2.75) is 6.92 Å². The molecule has 0 fully saturated rings. The molecule has 0 radical (unpaired) electrons. The summed E-state index contributed by atoms with van der Waals surface area (Å²) < 4.78 is 14.0. The van der Waals surface area contributed by atoms with E-state index in [1.807, 2.05) is 0 Å². The number of carbonyl (C=O) groups excluding carboxylic acids is 1. The Kier molecular flexibility index (Phi) is 2.52. The summed E-state index contributed by atoms with van der Waals surface area (Å²) in [5, 5.41) is 0.681. The van der Waals surface area contributed by atoms with E-state index in [1.54, 1.807) is 24.3 Å². The number of aromatic nitrogens is 1. The Balaban J connectivity index is 2.79. The summed E-state index contributed by atoms with van der Waals surface area (Å²) in [5.41, 5.74) is 0.497. The van der Waals surface area contributed by atoms with E-state index in [4.69, 9.17) is 0 Å². The highest BCUT2D eigenvalue weighted by molar-refractivity contribution is 9.10. The van der Waals surface area contributed by atoms with Crippen LogP contribution in [0.2, 0.25) is 0 Å². The van der Waals surface area contributed by atoms with Gasteiger partial charge >= 0.3 is 0 Å². The molecule has 2 rings (SSSR count). The monoisotopic (exact) mass is 267 g/mol. The molecule has 1 aromatic carbocycles. The zero-order chi connectivity index (χ0) is 11.0.